The molecule has 0 aromatic heterocycles. The van der Waals surface area contributed by atoms with Gasteiger partial charge in [0.25, 0.3) is 0 Å². The van der Waals surface area contributed by atoms with Gasteiger partial charge in [-0.25, -0.2) is 4.57 Å². The Morgan fingerprint density at radius 1 is 0.412 bits per heavy atom. The lowest BCUT2D eigenvalue weighted by Gasteiger charge is -2.26. The Balaban J connectivity index is 3.97. The molecule has 3 atom stereocenters. The van der Waals surface area contributed by atoms with Crippen molar-refractivity contribution in [2.45, 2.75) is 398 Å². The smallest absolute Gasteiger partial charge is 0.391 e. The number of allylic oxidation sites excluding steroid dienone is 2. The van der Waals surface area contributed by atoms with Crippen LogP contribution in [0, 0.1) is 0 Å². The fraction of sp³-hybridized carbons (Fsp3) is 0.958. The van der Waals surface area contributed by atoms with Crippen LogP contribution in [0.25, 0.3) is 0 Å². The molecule has 1 amide bonds. The second-order valence-electron chi connectivity index (χ2n) is 26.3. The quantitative estimate of drug-likeness (QED) is 0.0243. The molecular weight excluding hydrogens is 1010 g/mol. The van der Waals surface area contributed by atoms with Crippen molar-refractivity contribution in [3.8, 4) is 0 Å². The molecule has 0 saturated carbocycles. The molecule has 0 saturated heterocycles. The van der Waals surface area contributed by atoms with Crippen LogP contribution in [0.15, 0.2) is 12.2 Å². The van der Waals surface area contributed by atoms with Gasteiger partial charge in [0.1, 0.15) is 13.2 Å². The van der Waals surface area contributed by atoms with E-state index in [9.17, 15) is 19.4 Å². The number of likely N-dealkylation sites (N-methyl/N-ethyl adjacent to an activating group) is 1. The molecule has 0 aromatic rings. The van der Waals surface area contributed by atoms with E-state index in [0.717, 1.165) is 38.5 Å². The zero-order chi connectivity index (χ0) is 58.4. The molecule has 0 aliphatic rings. The Labute approximate surface area is 501 Å². The Morgan fingerprint density at radius 3 is 0.963 bits per heavy atom. The maximum absolute atomic E-state index is 13.1. The van der Waals surface area contributed by atoms with E-state index in [4.69, 9.17) is 9.05 Å². The van der Waals surface area contributed by atoms with Gasteiger partial charge in [0.2, 0.25) is 5.91 Å². The minimum atomic E-state index is -4.33. The summed E-state index contributed by atoms with van der Waals surface area (Å²) in [7, 11) is 1.64. The number of phosphoric acid groups is 1. The Kier molecular flexibility index (Phi) is 62.2. The van der Waals surface area contributed by atoms with Crippen molar-refractivity contribution in [3.63, 3.8) is 0 Å². The number of nitrogens with one attached hydrogen (secondary N) is 1. The number of nitrogens with zero attached hydrogens (tertiary/aromatic N) is 1. The molecule has 9 heteroatoms. The number of hydrogen-bond donors (Lipinski definition) is 3. The number of aliphatic hydroxyl groups is 1. The van der Waals surface area contributed by atoms with Gasteiger partial charge < -0.3 is 19.8 Å². The first-order valence-electron chi connectivity index (χ1n) is 36.1. The van der Waals surface area contributed by atoms with Gasteiger partial charge >= 0.3 is 7.82 Å². The summed E-state index contributed by atoms with van der Waals surface area (Å²) in [5, 5.41) is 14.2. The maximum Gasteiger partial charge on any atom is 0.472 e. The largest absolute Gasteiger partial charge is 0.472 e. The number of aliphatic hydroxyl groups excluding tert-OH is 1. The van der Waals surface area contributed by atoms with Crippen LogP contribution >= 0.6 is 7.82 Å². The van der Waals surface area contributed by atoms with Gasteiger partial charge in [-0.1, -0.05) is 353 Å². The zero-order valence-corrected chi connectivity index (χ0v) is 55.8. The van der Waals surface area contributed by atoms with Crippen LogP contribution in [0.5, 0.6) is 0 Å². The summed E-state index contributed by atoms with van der Waals surface area (Å²) in [5.41, 5.74) is 0. The summed E-state index contributed by atoms with van der Waals surface area (Å²) in [6.45, 7) is 4.96. The monoisotopic (exact) mass is 1150 g/mol. The third kappa shape index (κ3) is 64.8. The van der Waals surface area contributed by atoms with Gasteiger partial charge in [0.05, 0.1) is 39.9 Å². The van der Waals surface area contributed by atoms with Crippen LogP contribution in [0.2, 0.25) is 0 Å². The molecule has 0 spiro atoms. The highest BCUT2D eigenvalue weighted by molar-refractivity contribution is 7.47. The fourth-order valence-corrected chi connectivity index (χ4v) is 12.1. The Bertz CT molecular complexity index is 1310. The van der Waals surface area contributed by atoms with Gasteiger partial charge in [-0.05, 0) is 38.5 Å². The number of carbonyl (C=O) groups is 1. The standard InChI is InChI=1S/C71H143N2O6P/c1-6-8-10-12-14-16-18-20-22-24-26-28-30-32-33-34-35-36-37-38-39-41-42-44-46-48-50-52-54-56-58-60-62-64-70(74)69(68-79-80(76,77)78-67-66-73(3,4)5)72-71(75)65-63-61-59-57-55-53-51-49-47-45-43-40-31-29-27-25-23-21-19-17-15-13-11-9-7-2/h25,27,69-70,74H,6-24,26,28-68H2,1-5H3,(H-,72,75,76,77)/p+1/b27-25-. The lowest BCUT2D eigenvalue weighted by Crippen LogP contribution is -2.46. The molecule has 0 aliphatic carbocycles. The summed E-state index contributed by atoms with van der Waals surface area (Å²) in [6.07, 6.45) is 80.4. The molecule has 0 aromatic carbocycles. The highest BCUT2D eigenvalue weighted by atomic mass is 31.2. The third-order valence-corrected chi connectivity index (χ3v) is 18.0. The van der Waals surface area contributed by atoms with E-state index in [-0.39, 0.29) is 19.1 Å². The number of carbonyl (C=O) groups excluding carboxylic acids is 1. The van der Waals surface area contributed by atoms with E-state index in [1.807, 2.05) is 21.1 Å². The lowest BCUT2D eigenvalue weighted by atomic mass is 10.0. The van der Waals surface area contributed by atoms with E-state index < -0.39 is 20.0 Å². The fourth-order valence-electron chi connectivity index (χ4n) is 11.4. The van der Waals surface area contributed by atoms with Crippen molar-refractivity contribution < 1.29 is 32.9 Å². The topological polar surface area (TPSA) is 105 Å². The normalized spacial score (nSPS) is 13.6. The summed E-state index contributed by atoms with van der Waals surface area (Å²) < 4.78 is 23.9. The Morgan fingerprint density at radius 2 is 0.675 bits per heavy atom. The van der Waals surface area contributed by atoms with Crippen molar-refractivity contribution in [3.05, 3.63) is 12.2 Å². The van der Waals surface area contributed by atoms with Gasteiger partial charge in [0.15, 0.2) is 0 Å². The molecule has 0 heterocycles. The molecule has 3 N–H and O–H groups in total. The number of amides is 1. The van der Waals surface area contributed by atoms with Gasteiger partial charge in [0, 0.05) is 6.42 Å². The molecule has 3 unspecified atom stereocenters. The number of rotatable bonds is 68. The molecule has 0 aliphatic heterocycles. The van der Waals surface area contributed by atoms with E-state index in [1.54, 1.807) is 0 Å². The minimum absolute atomic E-state index is 0.0779. The molecule has 0 fully saturated rings. The van der Waals surface area contributed by atoms with Crippen molar-refractivity contribution in [1.82, 2.24) is 5.32 Å². The highest BCUT2D eigenvalue weighted by Gasteiger charge is 2.28. The van der Waals surface area contributed by atoms with Crippen molar-refractivity contribution in [1.29, 1.82) is 0 Å². The molecule has 0 rings (SSSR count). The second-order valence-corrected chi connectivity index (χ2v) is 27.8. The number of quaternary nitrogens is 1. The lowest BCUT2D eigenvalue weighted by molar-refractivity contribution is -0.870. The van der Waals surface area contributed by atoms with Crippen LogP contribution < -0.4 is 5.32 Å². The first-order valence-corrected chi connectivity index (χ1v) is 37.5. The van der Waals surface area contributed by atoms with E-state index in [0.29, 0.717) is 23.9 Å². The number of hydrogen-bond acceptors (Lipinski definition) is 5. The van der Waals surface area contributed by atoms with Crippen LogP contribution in [0.1, 0.15) is 386 Å². The van der Waals surface area contributed by atoms with Crippen molar-refractivity contribution >= 4 is 13.7 Å². The van der Waals surface area contributed by atoms with Gasteiger partial charge in [-0.15, -0.1) is 0 Å². The van der Waals surface area contributed by atoms with E-state index in [1.165, 1.54) is 321 Å². The molecule has 0 radical (unpaired) electrons. The van der Waals surface area contributed by atoms with Crippen LogP contribution in [0.3, 0.4) is 0 Å². The molecule has 0 bridgehead atoms. The van der Waals surface area contributed by atoms with Crippen molar-refractivity contribution in [2.75, 3.05) is 40.9 Å². The highest BCUT2D eigenvalue weighted by Crippen LogP contribution is 2.43. The first kappa shape index (κ1) is 79.2. The summed E-state index contributed by atoms with van der Waals surface area (Å²) in [5.74, 6) is -0.136. The zero-order valence-electron chi connectivity index (χ0n) is 54.9. The third-order valence-electron chi connectivity index (χ3n) is 17.0. The summed E-state index contributed by atoms with van der Waals surface area (Å²) in [6, 6.07) is -0.760. The average molecular weight is 1150 g/mol. The van der Waals surface area contributed by atoms with E-state index in [2.05, 4.69) is 31.3 Å². The van der Waals surface area contributed by atoms with Crippen LogP contribution in [0.4, 0.5) is 0 Å². The van der Waals surface area contributed by atoms with Gasteiger partial charge in [-0.2, -0.15) is 0 Å². The molecule has 478 valence electrons. The van der Waals surface area contributed by atoms with Crippen LogP contribution in [-0.4, -0.2) is 73.4 Å². The minimum Gasteiger partial charge on any atom is -0.391 e. The molecule has 80 heavy (non-hydrogen) atoms. The van der Waals surface area contributed by atoms with E-state index >= 15 is 0 Å². The summed E-state index contributed by atoms with van der Waals surface area (Å²) in [4.78, 5) is 23.5. The van der Waals surface area contributed by atoms with Crippen LogP contribution in [-0.2, 0) is 18.4 Å². The molecular formula is C71H144N2O6P+. The van der Waals surface area contributed by atoms with Gasteiger partial charge in [-0.3, -0.25) is 13.8 Å². The number of phosphoric ester groups is 1. The predicted octanol–water partition coefficient (Wildman–Crippen LogP) is 22.9. The maximum atomic E-state index is 13.1. The first-order chi connectivity index (χ1) is 39.0. The Hall–Kier alpha value is -0.760. The number of unbranched alkanes of at least 4 members (excludes halogenated alkanes) is 53. The second kappa shape index (κ2) is 62.8. The van der Waals surface area contributed by atoms with Crippen molar-refractivity contribution in [2.24, 2.45) is 0 Å². The summed E-state index contributed by atoms with van der Waals surface area (Å²) >= 11 is 0. The average Bonchev–Trinajstić information content (AvgIpc) is 3.42. The molecule has 8 nitrogen and oxygen atoms in total. The SMILES string of the molecule is CCCCCCCCCC/C=C\CCCCCCCCCCCCCCCC(=O)NC(COP(=O)(O)OCC[N+](C)(C)C)C(O)CCCCCCCCCCCCCCCCCCCCCCCCCCCCCCCCCCC. The predicted molar refractivity (Wildman–Crippen MR) is 351 cm³/mol.